The van der Waals surface area contributed by atoms with Gasteiger partial charge < -0.3 is 16.0 Å². The molecule has 4 rings (SSSR count). The molecule has 1 aromatic heterocycles. The first-order valence-electron chi connectivity index (χ1n) is 7.39. The number of aromatic amines is 1. The minimum absolute atomic E-state index is 0.0277. The Bertz CT molecular complexity index is 1070. The monoisotopic (exact) mass is 301 g/mol. The summed E-state index contributed by atoms with van der Waals surface area (Å²) in [5.74, 6) is 0. The normalized spacial score (nSPS) is 11.0. The van der Waals surface area contributed by atoms with Gasteiger partial charge in [-0.1, -0.05) is 30.3 Å². The van der Waals surface area contributed by atoms with Crippen molar-refractivity contribution >= 4 is 38.9 Å². The Kier molecular flexibility index (Phi) is 3.01. The van der Waals surface area contributed by atoms with Crippen molar-refractivity contribution in [3.8, 4) is 0 Å². The quantitative estimate of drug-likeness (QED) is 0.387. The Labute approximate surface area is 132 Å². The molecule has 1 heterocycles. The number of hydrogen-bond donors (Lipinski definition) is 3. The number of hydrogen-bond acceptors (Lipinski definition) is 3. The van der Waals surface area contributed by atoms with E-state index in [0.717, 1.165) is 16.7 Å². The first-order chi connectivity index (χ1) is 11.2. The smallest absolute Gasteiger partial charge is 0.199 e. The SMILES string of the molecule is Nc1ccc2[nH]c3ccccc3c(=O)c2c1Nc1ccccc1. The summed E-state index contributed by atoms with van der Waals surface area (Å²) in [6.07, 6.45) is 0. The molecule has 0 bridgehead atoms. The van der Waals surface area contributed by atoms with E-state index < -0.39 is 0 Å². The van der Waals surface area contributed by atoms with Gasteiger partial charge in [-0.05, 0) is 36.4 Å². The van der Waals surface area contributed by atoms with E-state index in [4.69, 9.17) is 5.73 Å². The highest BCUT2D eigenvalue weighted by Gasteiger charge is 2.12. The maximum Gasteiger partial charge on any atom is 0.199 e. The van der Waals surface area contributed by atoms with Gasteiger partial charge in [0, 0.05) is 16.6 Å². The van der Waals surface area contributed by atoms with E-state index in [9.17, 15) is 4.79 Å². The fraction of sp³-hybridized carbons (Fsp3) is 0. The zero-order chi connectivity index (χ0) is 15.8. The van der Waals surface area contributed by atoms with Crippen LogP contribution in [0.15, 0.2) is 71.5 Å². The van der Waals surface area contributed by atoms with Gasteiger partial charge in [-0.2, -0.15) is 0 Å². The van der Waals surface area contributed by atoms with Crippen molar-refractivity contribution in [3.63, 3.8) is 0 Å². The summed E-state index contributed by atoms with van der Waals surface area (Å²) < 4.78 is 0. The standard InChI is InChI=1S/C19H15N3O/c20-14-10-11-16-17(18(14)21-12-6-2-1-3-7-12)19(23)13-8-4-5-9-15(13)22-16/h1-11,21H,20H2,(H,22,23). The Morgan fingerprint density at radius 3 is 2.39 bits per heavy atom. The molecule has 0 spiro atoms. The summed E-state index contributed by atoms with van der Waals surface area (Å²) in [7, 11) is 0. The van der Waals surface area contributed by atoms with Crippen LogP contribution in [0.5, 0.6) is 0 Å². The Balaban J connectivity index is 2.04. The minimum Gasteiger partial charge on any atom is -0.397 e. The van der Waals surface area contributed by atoms with Crippen LogP contribution in [0.1, 0.15) is 0 Å². The van der Waals surface area contributed by atoms with Gasteiger partial charge in [0.25, 0.3) is 0 Å². The van der Waals surface area contributed by atoms with Crippen LogP contribution >= 0.6 is 0 Å². The molecule has 0 aliphatic heterocycles. The maximum absolute atomic E-state index is 12.9. The number of H-pyrrole nitrogens is 1. The van der Waals surface area contributed by atoms with Gasteiger partial charge in [0.2, 0.25) is 0 Å². The van der Waals surface area contributed by atoms with Crippen LogP contribution in [-0.2, 0) is 0 Å². The van der Waals surface area contributed by atoms with Crippen LogP contribution in [0.25, 0.3) is 21.8 Å². The predicted molar refractivity (Wildman–Crippen MR) is 96.2 cm³/mol. The highest BCUT2D eigenvalue weighted by atomic mass is 16.1. The molecule has 3 aromatic carbocycles. The summed E-state index contributed by atoms with van der Waals surface area (Å²) in [6.45, 7) is 0. The molecule has 0 radical (unpaired) electrons. The summed E-state index contributed by atoms with van der Waals surface area (Å²) >= 11 is 0. The van der Waals surface area contributed by atoms with Gasteiger partial charge in [-0.3, -0.25) is 4.79 Å². The number of nitrogens with two attached hydrogens (primary N) is 1. The number of para-hydroxylation sites is 2. The molecule has 4 heteroatoms. The minimum atomic E-state index is -0.0277. The molecule has 23 heavy (non-hydrogen) atoms. The average Bonchev–Trinajstić information content (AvgIpc) is 2.59. The predicted octanol–water partition coefficient (Wildman–Crippen LogP) is 4.01. The van der Waals surface area contributed by atoms with E-state index in [1.54, 1.807) is 6.07 Å². The second-order valence-electron chi connectivity index (χ2n) is 5.44. The van der Waals surface area contributed by atoms with Crippen molar-refractivity contribution in [2.75, 3.05) is 11.1 Å². The first kappa shape index (κ1) is 13.4. The second kappa shape index (κ2) is 5.18. The largest absolute Gasteiger partial charge is 0.397 e. The molecule has 4 aromatic rings. The van der Waals surface area contributed by atoms with Gasteiger partial charge >= 0.3 is 0 Å². The Morgan fingerprint density at radius 2 is 1.57 bits per heavy atom. The van der Waals surface area contributed by atoms with Crippen LogP contribution in [0.4, 0.5) is 17.1 Å². The zero-order valence-corrected chi connectivity index (χ0v) is 12.3. The lowest BCUT2D eigenvalue weighted by Crippen LogP contribution is -2.08. The number of rotatable bonds is 2. The fourth-order valence-corrected chi connectivity index (χ4v) is 2.83. The summed E-state index contributed by atoms with van der Waals surface area (Å²) in [5.41, 5.74) is 9.76. The molecule has 0 saturated carbocycles. The fourth-order valence-electron chi connectivity index (χ4n) is 2.83. The number of nitrogen functional groups attached to an aromatic ring is 1. The second-order valence-corrected chi connectivity index (χ2v) is 5.44. The molecule has 0 unspecified atom stereocenters. The van der Waals surface area contributed by atoms with Gasteiger partial charge in [0.15, 0.2) is 5.43 Å². The van der Waals surface area contributed by atoms with Crippen molar-refractivity contribution < 1.29 is 0 Å². The van der Waals surface area contributed by atoms with Crippen molar-refractivity contribution in [2.24, 2.45) is 0 Å². The van der Waals surface area contributed by atoms with E-state index in [0.29, 0.717) is 22.1 Å². The molecule has 0 aliphatic carbocycles. The molecule has 0 saturated heterocycles. The van der Waals surface area contributed by atoms with E-state index in [-0.39, 0.29) is 5.43 Å². The lowest BCUT2D eigenvalue weighted by Gasteiger charge is -2.13. The maximum atomic E-state index is 12.9. The van der Waals surface area contributed by atoms with E-state index in [1.165, 1.54) is 0 Å². The molecular formula is C19H15N3O. The van der Waals surface area contributed by atoms with Gasteiger partial charge in [-0.15, -0.1) is 0 Å². The number of anilines is 3. The number of benzene rings is 3. The number of fused-ring (bicyclic) bond motifs is 2. The number of aromatic nitrogens is 1. The van der Waals surface area contributed by atoms with Crippen molar-refractivity contribution in [2.45, 2.75) is 0 Å². The van der Waals surface area contributed by atoms with Crippen LogP contribution in [0, 0.1) is 0 Å². The highest BCUT2D eigenvalue weighted by Crippen LogP contribution is 2.30. The molecule has 4 N–H and O–H groups in total. The average molecular weight is 301 g/mol. The van der Waals surface area contributed by atoms with Crippen LogP contribution < -0.4 is 16.5 Å². The lowest BCUT2D eigenvalue weighted by atomic mass is 10.1. The van der Waals surface area contributed by atoms with E-state index in [2.05, 4.69) is 10.3 Å². The highest BCUT2D eigenvalue weighted by molar-refractivity contribution is 6.04. The van der Waals surface area contributed by atoms with Crippen LogP contribution in [0.3, 0.4) is 0 Å². The molecule has 4 nitrogen and oxygen atoms in total. The van der Waals surface area contributed by atoms with Gasteiger partial charge in [0.05, 0.1) is 22.3 Å². The van der Waals surface area contributed by atoms with E-state index in [1.807, 2.05) is 60.7 Å². The topological polar surface area (TPSA) is 70.9 Å². The third-order valence-corrected chi connectivity index (χ3v) is 3.95. The third kappa shape index (κ3) is 2.21. The number of pyridine rings is 1. The molecule has 0 atom stereocenters. The van der Waals surface area contributed by atoms with Crippen molar-refractivity contribution in [3.05, 3.63) is 77.0 Å². The van der Waals surface area contributed by atoms with Gasteiger partial charge in [0.1, 0.15) is 0 Å². The zero-order valence-electron chi connectivity index (χ0n) is 12.3. The molecular weight excluding hydrogens is 286 g/mol. The summed E-state index contributed by atoms with van der Waals surface area (Å²) in [6, 6.07) is 20.8. The lowest BCUT2D eigenvalue weighted by molar-refractivity contribution is 1.47. The first-order valence-corrected chi connectivity index (χ1v) is 7.39. The molecule has 0 amide bonds. The van der Waals surface area contributed by atoms with Crippen LogP contribution in [0.2, 0.25) is 0 Å². The third-order valence-electron chi connectivity index (χ3n) is 3.95. The van der Waals surface area contributed by atoms with Crippen molar-refractivity contribution in [1.29, 1.82) is 0 Å². The van der Waals surface area contributed by atoms with Crippen molar-refractivity contribution in [1.82, 2.24) is 4.98 Å². The number of nitrogens with one attached hydrogen (secondary N) is 2. The van der Waals surface area contributed by atoms with Crippen LogP contribution in [-0.4, -0.2) is 4.98 Å². The summed E-state index contributed by atoms with van der Waals surface area (Å²) in [4.78, 5) is 16.2. The summed E-state index contributed by atoms with van der Waals surface area (Å²) in [5, 5.41) is 4.51. The van der Waals surface area contributed by atoms with E-state index >= 15 is 0 Å². The Morgan fingerprint density at radius 1 is 0.826 bits per heavy atom. The molecule has 0 aliphatic rings. The molecule has 112 valence electrons. The molecule has 0 fully saturated rings. The Hall–Kier alpha value is -3.27. The van der Waals surface area contributed by atoms with Gasteiger partial charge in [-0.25, -0.2) is 0 Å².